The van der Waals surface area contributed by atoms with E-state index in [-0.39, 0.29) is 18.4 Å². The molecule has 26 heavy (non-hydrogen) atoms. The van der Waals surface area contributed by atoms with Crippen LogP contribution in [0.3, 0.4) is 0 Å². The van der Waals surface area contributed by atoms with Gasteiger partial charge in [0.05, 0.1) is 24.9 Å². The van der Waals surface area contributed by atoms with Crippen molar-refractivity contribution in [3.8, 4) is 0 Å². The molecule has 1 fully saturated rings. The third kappa shape index (κ3) is 4.67. The molecule has 1 atom stereocenters. The molecule has 0 spiro atoms. The third-order valence-electron chi connectivity index (χ3n) is 4.27. The summed E-state index contributed by atoms with van der Waals surface area (Å²) < 4.78 is 44.9. The highest BCUT2D eigenvalue weighted by molar-refractivity contribution is 7.15. The zero-order chi connectivity index (χ0) is 18.2. The highest BCUT2D eigenvalue weighted by Gasteiger charge is 2.33. The highest BCUT2D eigenvalue weighted by Crippen LogP contribution is 2.32. The second-order valence-electron chi connectivity index (χ2n) is 6.08. The van der Waals surface area contributed by atoms with Gasteiger partial charge in [-0.1, -0.05) is 0 Å². The highest BCUT2D eigenvalue weighted by atomic mass is 35.5. The Hall–Kier alpha value is -1.36. The first-order valence-corrected chi connectivity index (χ1v) is 8.69. The minimum atomic E-state index is -4.30. The maximum atomic E-state index is 12.8. The van der Waals surface area contributed by atoms with Crippen molar-refractivity contribution in [3.05, 3.63) is 28.0 Å². The maximum absolute atomic E-state index is 12.8. The van der Waals surface area contributed by atoms with E-state index in [0.29, 0.717) is 42.8 Å². The van der Waals surface area contributed by atoms with Crippen LogP contribution in [0.15, 0.2) is 6.20 Å². The molecule has 1 saturated heterocycles. The second-order valence-corrected chi connectivity index (χ2v) is 7.23. The molecular formula is C15H21ClF3N5OS. The van der Waals surface area contributed by atoms with Crippen molar-refractivity contribution in [2.24, 2.45) is 0 Å². The number of thiazole rings is 1. The van der Waals surface area contributed by atoms with Gasteiger partial charge in [0.25, 0.3) is 0 Å². The van der Waals surface area contributed by atoms with Gasteiger partial charge in [-0.25, -0.2) is 4.98 Å². The first-order chi connectivity index (χ1) is 11.7. The van der Waals surface area contributed by atoms with Crippen LogP contribution in [-0.4, -0.2) is 45.6 Å². The Kier molecular flexibility index (Phi) is 6.54. The molecule has 3 rings (SSSR count). The number of anilines is 1. The Morgan fingerprint density at radius 3 is 2.73 bits per heavy atom. The van der Waals surface area contributed by atoms with Gasteiger partial charge in [0, 0.05) is 35.4 Å². The van der Waals surface area contributed by atoms with Crippen LogP contribution in [0.5, 0.6) is 0 Å². The van der Waals surface area contributed by atoms with Crippen LogP contribution < -0.4 is 5.73 Å². The van der Waals surface area contributed by atoms with Crippen LogP contribution in [0, 0.1) is 13.8 Å². The molecule has 1 aliphatic heterocycles. The van der Waals surface area contributed by atoms with Crippen molar-refractivity contribution >= 4 is 28.9 Å². The number of aromatic nitrogens is 3. The largest absolute Gasteiger partial charge is 0.408 e. The van der Waals surface area contributed by atoms with Crippen LogP contribution in [0.4, 0.5) is 18.3 Å². The van der Waals surface area contributed by atoms with E-state index in [4.69, 9.17) is 10.5 Å². The van der Waals surface area contributed by atoms with E-state index in [1.165, 1.54) is 11.3 Å². The molecule has 1 unspecified atom stereocenters. The Balaban J connectivity index is 0.00000243. The summed E-state index contributed by atoms with van der Waals surface area (Å²) in [4.78, 5) is 7.26. The molecular weight excluding hydrogens is 391 g/mol. The number of nitrogens with zero attached hydrogens (tertiary/aromatic N) is 4. The molecule has 2 aromatic rings. The maximum Gasteiger partial charge on any atom is 0.408 e. The van der Waals surface area contributed by atoms with Gasteiger partial charge in [-0.15, -0.1) is 23.7 Å². The molecule has 1 aliphatic rings. The summed E-state index contributed by atoms with van der Waals surface area (Å²) in [7, 11) is 0. The van der Waals surface area contributed by atoms with Crippen LogP contribution in [-0.2, 0) is 17.8 Å². The lowest BCUT2D eigenvalue weighted by atomic mass is 10.0. The Morgan fingerprint density at radius 1 is 1.38 bits per heavy atom. The number of nitrogen functional groups attached to an aromatic ring is 1. The number of hydrogen-bond donors (Lipinski definition) is 1. The molecule has 0 bridgehead atoms. The zero-order valence-corrected chi connectivity index (χ0v) is 16.0. The lowest BCUT2D eigenvalue weighted by Crippen LogP contribution is -2.39. The summed E-state index contributed by atoms with van der Waals surface area (Å²) in [5.41, 5.74) is 7.62. The number of rotatable bonds is 4. The molecule has 146 valence electrons. The van der Waals surface area contributed by atoms with Gasteiger partial charge >= 0.3 is 6.18 Å². The number of hydrogen-bond acceptors (Lipinski definition) is 6. The number of ether oxygens (including phenoxy) is 1. The SMILES string of the molecule is Cc1nn(CC(F)(F)F)c(C)c1C1COCCN1Cc1cnc(N)s1.Cl. The van der Waals surface area contributed by atoms with Crippen LogP contribution in [0.2, 0.25) is 0 Å². The molecule has 0 radical (unpaired) electrons. The molecule has 2 aromatic heterocycles. The molecule has 6 nitrogen and oxygen atoms in total. The molecule has 11 heteroatoms. The van der Waals surface area contributed by atoms with Crippen molar-refractivity contribution in [2.75, 3.05) is 25.5 Å². The number of aryl methyl sites for hydroxylation is 1. The summed E-state index contributed by atoms with van der Waals surface area (Å²) in [6, 6.07) is -0.140. The van der Waals surface area contributed by atoms with E-state index in [1.54, 1.807) is 20.0 Å². The van der Waals surface area contributed by atoms with Crippen molar-refractivity contribution in [2.45, 2.75) is 39.2 Å². The summed E-state index contributed by atoms with van der Waals surface area (Å²) >= 11 is 1.41. The fourth-order valence-electron chi connectivity index (χ4n) is 3.21. The first-order valence-electron chi connectivity index (χ1n) is 7.87. The van der Waals surface area contributed by atoms with E-state index >= 15 is 0 Å². The number of morpholine rings is 1. The fraction of sp³-hybridized carbons (Fsp3) is 0.600. The number of halogens is 4. The average molecular weight is 412 g/mol. The first kappa shape index (κ1) is 20.9. The van der Waals surface area contributed by atoms with Crippen LogP contribution in [0.25, 0.3) is 0 Å². The summed E-state index contributed by atoms with van der Waals surface area (Å²) in [5.74, 6) is 0. The van der Waals surface area contributed by atoms with Gasteiger partial charge in [-0.05, 0) is 13.8 Å². The van der Waals surface area contributed by atoms with Gasteiger partial charge in [-0.2, -0.15) is 18.3 Å². The van der Waals surface area contributed by atoms with Crippen molar-refractivity contribution in [1.29, 1.82) is 0 Å². The van der Waals surface area contributed by atoms with Crippen molar-refractivity contribution in [3.63, 3.8) is 0 Å². The molecule has 2 N–H and O–H groups in total. The lowest BCUT2D eigenvalue weighted by molar-refractivity contribution is -0.143. The molecule has 0 amide bonds. The van der Waals surface area contributed by atoms with E-state index in [0.717, 1.165) is 15.1 Å². The minimum absolute atomic E-state index is 0. The van der Waals surface area contributed by atoms with Gasteiger partial charge in [0.2, 0.25) is 0 Å². The molecule has 0 aromatic carbocycles. The number of nitrogens with two attached hydrogens (primary N) is 1. The average Bonchev–Trinajstić information content (AvgIpc) is 3.03. The summed E-state index contributed by atoms with van der Waals surface area (Å²) in [5, 5.41) is 4.61. The van der Waals surface area contributed by atoms with Crippen LogP contribution >= 0.6 is 23.7 Å². The fourth-order valence-corrected chi connectivity index (χ4v) is 3.92. The van der Waals surface area contributed by atoms with Gasteiger partial charge in [0.1, 0.15) is 6.54 Å². The Bertz CT molecular complexity index is 748. The minimum Gasteiger partial charge on any atom is -0.378 e. The standard InChI is InChI=1S/C15H20F3N5OS.ClH/c1-9-13(10(2)23(21-9)8-15(16,17)18)12-7-24-4-3-22(12)6-11-5-20-14(19)25-11;/h5,12H,3-4,6-8H2,1-2H3,(H2,19,20);1H. The number of alkyl halides is 3. The van der Waals surface area contributed by atoms with Crippen molar-refractivity contribution < 1.29 is 17.9 Å². The Morgan fingerprint density at radius 2 is 2.12 bits per heavy atom. The topological polar surface area (TPSA) is 69.2 Å². The van der Waals surface area contributed by atoms with E-state index in [9.17, 15) is 13.2 Å². The van der Waals surface area contributed by atoms with Crippen molar-refractivity contribution in [1.82, 2.24) is 19.7 Å². The van der Waals surface area contributed by atoms with E-state index in [2.05, 4.69) is 15.0 Å². The second kappa shape index (κ2) is 8.12. The zero-order valence-electron chi connectivity index (χ0n) is 14.4. The lowest BCUT2D eigenvalue weighted by Gasteiger charge is -2.35. The molecule has 0 aliphatic carbocycles. The molecule has 3 heterocycles. The molecule has 0 saturated carbocycles. The van der Waals surface area contributed by atoms with E-state index in [1.807, 2.05) is 0 Å². The predicted octanol–water partition coefficient (Wildman–Crippen LogP) is 3.10. The monoisotopic (exact) mass is 411 g/mol. The van der Waals surface area contributed by atoms with E-state index < -0.39 is 12.7 Å². The van der Waals surface area contributed by atoms with Gasteiger partial charge in [0.15, 0.2) is 5.13 Å². The Labute approximate surface area is 159 Å². The van der Waals surface area contributed by atoms with Crippen LogP contribution in [0.1, 0.15) is 27.9 Å². The quantitative estimate of drug-likeness (QED) is 0.837. The smallest absolute Gasteiger partial charge is 0.378 e. The summed E-state index contributed by atoms with van der Waals surface area (Å²) in [6.45, 7) is 4.66. The predicted molar refractivity (Wildman–Crippen MR) is 95.5 cm³/mol. The van der Waals surface area contributed by atoms with Gasteiger partial charge < -0.3 is 10.5 Å². The normalized spacial score (nSPS) is 18.7. The summed E-state index contributed by atoms with van der Waals surface area (Å²) in [6.07, 6.45) is -2.57. The van der Waals surface area contributed by atoms with Gasteiger partial charge in [-0.3, -0.25) is 9.58 Å². The third-order valence-corrected chi connectivity index (χ3v) is 5.08.